The number of para-hydroxylation sites is 1. The summed E-state index contributed by atoms with van der Waals surface area (Å²) in [4.78, 5) is 36.1. The van der Waals surface area contributed by atoms with Crippen LogP contribution in [-0.2, 0) is 16.6 Å². The number of carbonyl (C=O) groups excluding carboxylic acids is 1. The van der Waals surface area contributed by atoms with Gasteiger partial charge in [-0.25, -0.2) is 4.98 Å². The summed E-state index contributed by atoms with van der Waals surface area (Å²) < 4.78 is 0. The number of aromatic nitrogens is 2. The molecule has 190 valence electrons. The number of fused-ring (bicyclic) bond motifs is 1. The molecule has 1 fully saturated rings. The molecule has 1 aliphatic heterocycles. The van der Waals surface area contributed by atoms with Gasteiger partial charge in [0.1, 0.15) is 5.82 Å². The lowest BCUT2D eigenvalue weighted by Crippen LogP contribution is -2.48. The molecule has 0 bridgehead atoms. The average Bonchev–Trinajstić information content (AvgIpc) is 2.96. The summed E-state index contributed by atoms with van der Waals surface area (Å²) in [6.07, 6.45) is 5.02. The van der Waals surface area contributed by atoms with E-state index in [1.54, 1.807) is 6.07 Å². The lowest BCUT2D eigenvalue weighted by molar-refractivity contribution is -0.137. The van der Waals surface area contributed by atoms with Crippen LogP contribution in [0.5, 0.6) is 0 Å². The molecule has 1 aromatic heterocycles. The number of carbonyl (C=O) groups is 1. The summed E-state index contributed by atoms with van der Waals surface area (Å²) in [6.45, 7) is 3.58. The maximum Gasteiger partial charge on any atom is 0.258 e. The molecule has 1 N–H and O–H groups in total. The lowest BCUT2D eigenvalue weighted by Gasteiger charge is -2.43. The van der Waals surface area contributed by atoms with Crippen LogP contribution in [0.2, 0.25) is 0 Å². The van der Waals surface area contributed by atoms with Crippen molar-refractivity contribution >= 4 is 16.8 Å². The number of piperidine rings is 1. The number of unbranched alkanes of at least 4 members (excludes halogenated alkanes) is 1. The molecule has 5 nitrogen and oxygen atoms in total. The molecule has 4 aromatic rings. The summed E-state index contributed by atoms with van der Waals surface area (Å²) in [6, 6.07) is 28.8. The predicted octanol–water partition coefficient (Wildman–Crippen LogP) is 5.88. The van der Waals surface area contributed by atoms with Crippen LogP contribution in [0.4, 0.5) is 0 Å². The van der Waals surface area contributed by atoms with Gasteiger partial charge in [0.15, 0.2) is 0 Å². The van der Waals surface area contributed by atoms with Crippen molar-refractivity contribution in [3.8, 4) is 0 Å². The topological polar surface area (TPSA) is 66.1 Å². The van der Waals surface area contributed by atoms with Gasteiger partial charge in [-0.3, -0.25) is 9.59 Å². The van der Waals surface area contributed by atoms with Gasteiger partial charge in [0.05, 0.1) is 10.9 Å². The van der Waals surface area contributed by atoms with Gasteiger partial charge in [0, 0.05) is 30.8 Å². The minimum Gasteiger partial charge on any atom is -0.342 e. The molecule has 0 aliphatic carbocycles. The fourth-order valence-corrected chi connectivity index (χ4v) is 5.85. The highest BCUT2D eigenvalue weighted by molar-refractivity contribution is 5.80. The summed E-state index contributed by atoms with van der Waals surface area (Å²) in [5, 5.41) is 0.580. The standard InChI is InChI=1S/C32H35N3O2/c1-2-3-12-24(23-29-33-28-18-11-10-17-27(28)30(36)34-29)31(37)35-21-19-32(20-22-35,25-13-6-4-7-14-25)26-15-8-5-9-16-26/h4-11,13-18,24H,2-3,12,19-23H2,1H3,(H,33,34,36). The van der Waals surface area contributed by atoms with Crippen molar-refractivity contribution in [1.29, 1.82) is 0 Å². The van der Waals surface area contributed by atoms with Gasteiger partial charge < -0.3 is 9.88 Å². The van der Waals surface area contributed by atoms with Crippen LogP contribution in [0.15, 0.2) is 89.7 Å². The van der Waals surface area contributed by atoms with Crippen molar-refractivity contribution in [3.05, 3.63) is 112 Å². The number of amides is 1. The highest BCUT2D eigenvalue weighted by Crippen LogP contribution is 2.42. The number of likely N-dealkylation sites (tertiary alicyclic amines) is 1. The van der Waals surface area contributed by atoms with Gasteiger partial charge >= 0.3 is 0 Å². The molecular weight excluding hydrogens is 458 g/mol. The van der Waals surface area contributed by atoms with Crippen molar-refractivity contribution < 1.29 is 4.79 Å². The van der Waals surface area contributed by atoms with Crippen molar-refractivity contribution in [2.24, 2.45) is 5.92 Å². The van der Waals surface area contributed by atoms with E-state index in [4.69, 9.17) is 0 Å². The maximum absolute atomic E-state index is 13.8. The van der Waals surface area contributed by atoms with Crippen molar-refractivity contribution in [1.82, 2.24) is 14.9 Å². The number of nitrogens with one attached hydrogen (secondary N) is 1. The SMILES string of the molecule is CCCCC(Cc1nc2ccccc2c(=O)[nH]1)C(=O)N1CCC(c2ccccc2)(c2ccccc2)CC1. The summed E-state index contributed by atoms with van der Waals surface area (Å²) in [5.74, 6) is 0.585. The third kappa shape index (κ3) is 5.22. The van der Waals surface area contributed by atoms with Crippen LogP contribution in [0.3, 0.4) is 0 Å². The first-order valence-corrected chi connectivity index (χ1v) is 13.5. The number of rotatable bonds is 8. The Morgan fingerprint density at radius 1 is 0.919 bits per heavy atom. The van der Waals surface area contributed by atoms with Crippen molar-refractivity contribution in [2.75, 3.05) is 13.1 Å². The number of aromatic amines is 1. The van der Waals surface area contributed by atoms with E-state index in [1.165, 1.54) is 11.1 Å². The number of benzene rings is 3. The molecule has 1 saturated heterocycles. The number of hydrogen-bond donors (Lipinski definition) is 1. The Balaban J connectivity index is 1.37. The third-order valence-corrected chi connectivity index (χ3v) is 7.94. The molecule has 5 heteroatoms. The maximum atomic E-state index is 13.8. The van der Waals surface area contributed by atoms with Gasteiger partial charge in [-0.1, -0.05) is 92.6 Å². The second-order valence-corrected chi connectivity index (χ2v) is 10.2. The summed E-state index contributed by atoms with van der Waals surface area (Å²) in [7, 11) is 0. The van der Waals surface area contributed by atoms with E-state index in [0.717, 1.165) is 32.1 Å². The Morgan fingerprint density at radius 2 is 1.51 bits per heavy atom. The zero-order chi connectivity index (χ0) is 25.7. The van der Waals surface area contributed by atoms with Crippen LogP contribution >= 0.6 is 0 Å². The van der Waals surface area contributed by atoms with E-state index in [0.29, 0.717) is 36.2 Å². The fraction of sp³-hybridized carbons (Fsp3) is 0.344. The van der Waals surface area contributed by atoms with Crippen molar-refractivity contribution in [3.63, 3.8) is 0 Å². The summed E-state index contributed by atoms with van der Waals surface area (Å²) in [5.41, 5.74) is 3.07. The first-order valence-electron chi connectivity index (χ1n) is 13.5. The van der Waals surface area contributed by atoms with E-state index in [-0.39, 0.29) is 22.8 Å². The van der Waals surface area contributed by atoms with E-state index in [2.05, 4.69) is 77.6 Å². The summed E-state index contributed by atoms with van der Waals surface area (Å²) >= 11 is 0. The number of nitrogens with zero attached hydrogens (tertiary/aromatic N) is 2. The predicted molar refractivity (Wildman–Crippen MR) is 149 cm³/mol. The van der Waals surface area contributed by atoms with Crippen LogP contribution in [0.25, 0.3) is 10.9 Å². The fourth-order valence-electron chi connectivity index (χ4n) is 5.85. The van der Waals surface area contributed by atoms with E-state index in [9.17, 15) is 9.59 Å². The highest BCUT2D eigenvalue weighted by Gasteiger charge is 2.39. The number of H-pyrrole nitrogens is 1. The molecule has 37 heavy (non-hydrogen) atoms. The molecule has 1 unspecified atom stereocenters. The molecule has 0 saturated carbocycles. The van der Waals surface area contributed by atoms with Gasteiger partial charge in [-0.15, -0.1) is 0 Å². The first kappa shape index (κ1) is 24.9. The molecule has 0 spiro atoms. The van der Waals surface area contributed by atoms with Gasteiger partial charge in [-0.05, 0) is 42.5 Å². The Hall–Kier alpha value is -3.73. The van der Waals surface area contributed by atoms with Crippen molar-refractivity contribution in [2.45, 2.75) is 50.9 Å². The lowest BCUT2D eigenvalue weighted by atomic mass is 9.68. The molecular formula is C32H35N3O2. The Labute approximate surface area is 218 Å². The van der Waals surface area contributed by atoms with E-state index < -0.39 is 0 Å². The normalized spacial score (nSPS) is 16.0. The second-order valence-electron chi connectivity index (χ2n) is 10.2. The molecule has 5 rings (SSSR count). The van der Waals surface area contributed by atoms with Crippen LogP contribution < -0.4 is 5.56 Å². The average molecular weight is 494 g/mol. The number of hydrogen-bond acceptors (Lipinski definition) is 3. The molecule has 0 radical (unpaired) electrons. The molecule has 1 atom stereocenters. The van der Waals surface area contributed by atoms with E-state index >= 15 is 0 Å². The quantitative estimate of drug-likeness (QED) is 0.333. The Kier molecular flexibility index (Phi) is 7.50. The smallest absolute Gasteiger partial charge is 0.258 e. The molecule has 1 amide bonds. The third-order valence-electron chi connectivity index (χ3n) is 7.94. The van der Waals surface area contributed by atoms with Crippen LogP contribution in [0.1, 0.15) is 56.0 Å². The monoisotopic (exact) mass is 493 g/mol. The first-order chi connectivity index (χ1) is 18.1. The minimum atomic E-state index is -0.190. The largest absolute Gasteiger partial charge is 0.342 e. The Morgan fingerprint density at radius 3 is 2.14 bits per heavy atom. The minimum absolute atomic E-state index is 0.0939. The van der Waals surface area contributed by atoms with Gasteiger partial charge in [-0.2, -0.15) is 0 Å². The zero-order valence-electron chi connectivity index (χ0n) is 21.5. The molecule has 3 aromatic carbocycles. The van der Waals surface area contributed by atoms with Crippen LogP contribution in [-0.4, -0.2) is 33.9 Å². The van der Waals surface area contributed by atoms with E-state index in [1.807, 2.05) is 23.1 Å². The second kappa shape index (κ2) is 11.1. The van der Waals surface area contributed by atoms with Gasteiger partial charge in [0.25, 0.3) is 5.56 Å². The molecule has 1 aliphatic rings. The van der Waals surface area contributed by atoms with Crippen LogP contribution in [0, 0.1) is 5.92 Å². The van der Waals surface area contributed by atoms with Gasteiger partial charge in [0.2, 0.25) is 5.91 Å². The highest BCUT2D eigenvalue weighted by atomic mass is 16.2. The Bertz CT molecular complexity index is 1350. The molecule has 2 heterocycles. The zero-order valence-corrected chi connectivity index (χ0v) is 21.5.